The minimum atomic E-state index is -0.119. The lowest BCUT2D eigenvalue weighted by Crippen LogP contribution is -2.45. The number of hydrogen-bond acceptors (Lipinski definition) is 3. The lowest BCUT2D eigenvalue weighted by atomic mass is 9.95. The summed E-state index contributed by atoms with van der Waals surface area (Å²) in [6.07, 6.45) is 1.32. The Kier molecular flexibility index (Phi) is 7.71. The molecule has 2 aromatic carbocycles. The number of carbonyl (C=O) groups excluding carboxylic acids is 2. The van der Waals surface area contributed by atoms with Crippen molar-refractivity contribution < 1.29 is 9.59 Å². The van der Waals surface area contributed by atoms with Crippen molar-refractivity contribution in [3.05, 3.63) is 65.2 Å². The molecule has 1 aliphatic heterocycles. The quantitative estimate of drug-likeness (QED) is 0.730. The van der Waals surface area contributed by atoms with Gasteiger partial charge in [-0.25, -0.2) is 4.79 Å². The smallest absolute Gasteiger partial charge is 0.321 e. The van der Waals surface area contributed by atoms with Gasteiger partial charge >= 0.3 is 6.03 Å². The van der Waals surface area contributed by atoms with Gasteiger partial charge in [0.15, 0.2) is 0 Å². The standard InChI is InChI=1S/C23H29ClN4O2/c1-27(2)21(19-10-6-7-11-20(19)24)16-25-22(29)17-12-14-28(15-13-17)23(30)26-18-8-4-3-5-9-18/h3-11,17,21H,12-16H2,1-2H3,(H,25,29)(H,26,30)/t21-/m0/s1. The zero-order valence-corrected chi connectivity index (χ0v) is 18.2. The second kappa shape index (κ2) is 10.5. The summed E-state index contributed by atoms with van der Waals surface area (Å²) >= 11 is 6.35. The normalized spacial score (nSPS) is 15.7. The van der Waals surface area contributed by atoms with Crippen LogP contribution in [0.25, 0.3) is 0 Å². The molecule has 1 atom stereocenters. The van der Waals surface area contributed by atoms with E-state index >= 15 is 0 Å². The van der Waals surface area contributed by atoms with Crippen LogP contribution in [-0.4, -0.2) is 55.5 Å². The maximum absolute atomic E-state index is 12.7. The van der Waals surface area contributed by atoms with Gasteiger partial charge < -0.3 is 20.4 Å². The Labute approximate surface area is 183 Å². The van der Waals surface area contributed by atoms with Crippen LogP contribution in [0.5, 0.6) is 0 Å². The van der Waals surface area contributed by atoms with E-state index in [4.69, 9.17) is 11.6 Å². The van der Waals surface area contributed by atoms with E-state index in [1.807, 2.05) is 68.7 Å². The van der Waals surface area contributed by atoms with E-state index in [-0.39, 0.29) is 23.9 Å². The second-order valence-corrected chi connectivity index (χ2v) is 8.21. The number of likely N-dealkylation sites (N-methyl/N-ethyl adjacent to an activating group) is 1. The summed E-state index contributed by atoms with van der Waals surface area (Å²) in [7, 11) is 3.95. The number of nitrogens with one attached hydrogen (secondary N) is 2. The van der Waals surface area contributed by atoms with Crippen LogP contribution in [0, 0.1) is 5.92 Å². The zero-order chi connectivity index (χ0) is 21.5. The summed E-state index contributed by atoms with van der Waals surface area (Å²) in [5.74, 6) is -0.0446. The highest BCUT2D eigenvalue weighted by Crippen LogP contribution is 2.26. The Morgan fingerprint density at radius 2 is 1.70 bits per heavy atom. The van der Waals surface area contributed by atoms with Gasteiger partial charge in [-0.15, -0.1) is 0 Å². The van der Waals surface area contributed by atoms with E-state index in [9.17, 15) is 9.59 Å². The molecule has 160 valence electrons. The minimum absolute atomic E-state index is 0.000566. The molecule has 6 nitrogen and oxygen atoms in total. The fourth-order valence-corrected chi connectivity index (χ4v) is 3.99. The van der Waals surface area contributed by atoms with Crippen LogP contribution in [0.15, 0.2) is 54.6 Å². The topological polar surface area (TPSA) is 64.7 Å². The summed E-state index contributed by atoms with van der Waals surface area (Å²) in [4.78, 5) is 29.0. The van der Waals surface area contributed by atoms with E-state index in [1.54, 1.807) is 4.90 Å². The van der Waals surface area contributed by atoms with Crippen molar-refractivity contribution in [1.82, 2.24) is 15.1 Å². The van der Waals surface area contributed by atoms with Gasteiger partial charge in [0, 0.05) is 36.3 Å². The molecule has 30 heavy (non-hydrogen) atoms. The molecule has 7 heteroatoms. The first-order valence-corrected chi connectivity index (χ1v) is 10.6. The monoisotopic (exact) mass is 428 g/mol. The Bertz CT molecular complexity index is 851. The average molecular weight is 429 g/mol. The SMILES string of the molecule is CN(C)[C@@H](CNC(=O)C1CCN(C(=O)Nc2ccccc2)CC1)c1ccccc1Cl. The lowest BCUT2D eigenvalue weighted by Gasteiger charge is -2.32. The van der Waals surface area contributed by atoms with Crippen LogP contribution in [0.3, 0.4) is 0 Å². The highest BCUT2D eigenvalue weighted by Gasteiger charge is 2.28. The maximum Gasteiger partial charge on any atom is 0.321 e. The largest absolute Gasteiger partial charge is 0.354 e. The predicted octanol–water partition coefficient (Wildman–Crippen LogP) is 4.00. The van der Waals surface area contributed by atoms with Crippen LogP contribution in [-0.2, 0) is 4.79 Å². The van der Waals surface area contributed by atoms with Crippen molar-refractivity contribution in [2.75, 3.05) is 39.0 Å². The molecular weight excluding hydrogens is 400 g/mol. The number of nitrogens with zero attached hydrogens (tertiary/aromatic N) is 2. The van der Waals surface area contributed by atoms with Crippen molar-refractivity contribution >= 4 is 29.2 Å². The second-order valence-electron chi connectivity index (χ2n) is 7.80. The highest BCUT2D eigenvalue weighted by atomic mass is 35.5. The molecule has 0 spiro atoms. The molecule has 1 aliphatic rings. The molecule has 3 amide bonds. The molecule has 1 saturated heterocycles. The minimum Gasteiger partial charge on any atom is -0.354 e. The molecule has 0 radical (unpaired) electrons. The van der Waals surface area contributed by atoms with Gasteiger partial charge in [-0.3, -0.25) is 4.79 Å². The van der Waals surface area contributed by atoms with E-state index in [0.717, 1.165) is 11.3 Å². The summed E-state index contributed by atoms with van der Waals surface area (Å²) in [6.45, 7) is 1.63. The van der Waals surface area contributed by atoms with Gasteiger partial charge in [0.2, 0.25) is 5.91 Å². The molecule has 0 unspecified atom stereocenters. The van der Waals surface area contributed by atoms with Crippen LogP contribution in [0.2, 0.25) is 5.02 Å². The number of halogens is 1. The number of amides is 3. The summed E-state index contributed by atoms with van der Waals surface area (Å²) in [6, 6.07) is 17.0. The first-order chi connectivity index (χ1) is 14.5. The van der Waals surface area contributed by atoms with Crippen molar-refractivity contribution in [3.8, 4) is 0 Å². The molecular formula is C23H29ClN4O2. The van der Waals surface area contributed by atoms with Gasteiger partial charge in [0.1, 0.15) is 0 Å². The molecule has 0 aromatic heterocycles. The van der Waals surface area contributed by atoms with Crippen LogP contribution in [0.1, 0.15) is 24.4 Å². The Morgan fingerprint density at radius 3 is 2.33 bits per heavy atom. The predicted molar refractivity (Wildman–Crippen MR) is 121 cm³/mol. The molecule has 2 aromatic rings. The Hall–Kier alpha value is -2.57. The van der Waals surface area contributed by atoms with Crippen molar-refractivity contribution in [2.45, 2.75) is 18.9 Å². The first kappa shape index (κ1) is 22.1. The zero-order valence-electron chi connectivity index (χ0n) is 17.5. The molecule has 3 rings (SSSR count). The lowest BCUT2D eigenvalue weighted by molar-refractivity contribution is -0.126. The number of hydrogen-bond donors (Lipinski definition) is 2. The number of benzene rings is 2. The third-order valence-corrected chi connectivity index (χ3v) is 5.88. The van der Waals surface area contributed by atoms with Crippen LogP contribution >= 0.6 is 11.6 Å². The summed E-state index contributed by atoms with van der Waals surface area (Å²) in [5.41, 5.74) is 1.77. The van der Waals surface area contributed by atoms with Gasteiger partial charge in [-0.05, 0) is 50.7 Å². The fourth-order valence-electron chi connectivity index (χ4n) is 3.73. The third-order valence-electron chi connectivity index (χ3n) is 5.54. The molecule has 0 aliphatic carbocycles. The number of rotatable bonds is 6. The average Bonchev–Trinajstić information content (AvgIpc) is 2.75. The van der Waals surface area contributed by atoms with E-state index in [1.165, 1.54) is 0 Å². The Morgan fingerprint density at radius 1 is 1.07 bits per heavy atom. The first-order valence-electron chi connectivity index (χ1n) is 10.2. The van der Waals surface area contributed by atoms with Crippen LogP contribution < -0.4 is 10.6 Å². The maximum atomic E-state index is 12.7. The number of anilines is 1. The number of urea groups is 1. The third kappa shape index (κ3) is 5.74. The van der Waals surface area contributed by atoms with Gasteiger partial charge in [-0.2, -0.15) is 0 Å². The van der Waals surface area contributed by atoms with Crippen LogP contribution in [0.4, 0.5) is 10.5 Å². The molecule has 1 heterocycles. The van der Waals surface area contributed by atoms with E-state index < -0.39 is 0 Å². The van der Waals surface area contributed by atoms with Gasteiger partial charge in [0.05, 0.1) is 6.04 Å². The number of para-hydroxylation sites is 1. The van der Waals surface area contributed by atoms with E-state index in [2.05, 4.69) is 15.5 Å². The molecule has 1 fully saturated rings. The van der Waals surface area contributed by atoms with Crippen molar-refractivity contribution in [1.29, 1.82) is 0 Å². The van der Waals surface area contributed by atoms with Gasteiger partial charge in [0.25, 0.3) is 0 Å². The summed E-state index contributed by atoms with van der Waals surface area (Å²) < 4.78 is 0. The van der Waals surface area contributed by atoms with Crippen molar-refractivity contribution in [2.24, 2.45) is 5.92 Å². The van der Waals surface area contributed by atoms with Gasteiger partial charge in [-0.1, -0.05) is 48.0 Å². The van der Waals surface area contributed by atoms with Crippen molar-refractivity contribution in [3.63, 3.8) is 0 Å². The molecule has 2 N–H and O–H groups in total. The fraction of sp³-hybridized carbons (Fsp3) is 0.391. The number of carbonyl (C=O) groups is 2. The summed E-state index contributed by atoms with van der Waals surface area (Å²) in [5, 5.41) is 6.68. The molecule has 0 bridgehead atoms. The Balaban J connectivity index is 1.49. The highest BCUT2D eigenvalue weighted by molar-refractivity contribution is 6.31. The van der Waals surface area contributed by atoms with E-state index in [0.29, 0.717) is 37.5 Å². The number of piperidine rings is 1. The molecule has 0 saturated carbocycles. The number of likely N-dealkylation sites (tertiary alicyclic amines) is 1.